The Morgan fingerprint density at radius 3 is 2.08 bits per heavy atom. The van der Waals surface area contributed by atoms with Gasteiger partial charge in [-0.3, -0.25) is 0 Å². The molecule has 0 amide bonds. The molecule has 2 heterocycles. The minimum atomic E-state index is 0.512. The Morgan fingerprint density at radius 2 is 1.48 bits per heavy atom. The van der Waals surface area contributed by atoms with Crippen LogP contribution in [0.4, 0.5) is 0 Å². The van der Waals surface area contributed by atoms with Crippen LogP contribution in [-0.4, -0.2) is 0 Å². The van der Waals surface area contributed by atoms with Gasteiger partial charge in [0.05, 0.1) is 5.56 Å². The van der Waals surface area contributed by atoms with Gasteiger partial charge < -0.3 is 9.47 Å². The number of para-hydroxylation sites is 2. The molecular formula is C22H22NO2+. The van der Waals surface area contributed by atoms with Crippen molar-refractivity contribution in [3.63, 3.8) is 0 Å². The zero-order chi connectivity index (χ0) is 17.6. The van der Waals surface area contributed by atoms with Gasteiger partial charge in [-0.2, -0.15) is 0 Å². The predicted molar refractivity (Wildman–Crippen MR) is 98.5 cm³/mol. The van der Waals surface area contributed by atoms with E-state index in [0.29, 0.717) is 5.92 Å². The Kier molecular flexibility index (Phi) is 3.72. The minimum absolute atomic E-state index is 0.512. The molecular weight excluding hydrogens is 310 g/mol. The predicted octanol–water partition coefficient (Wildman–Crippen LogP) is 5.51. The molecule has 1 aliphatic heterocycles. The maximum atomic E-state index is 6.06. The minimum Gasteiger partial charge on any atom is -0.450 e. The first-order valence-corrected chi connectivity index (χ1v) is 8.62. The largest absolute Gasteiger partial charge is 0.450 e. The van der Waals surface area contributed by atoms with Crippen molar-refractivity contribution < 1.29 is 14.0 Å². The Balaban J connectivity index is 1.78. The van der Waals surface area contributed by atoms with Crippen molar-refractivity contribution in [3.8, 4) is 34.3 Å². The van der Waals surface area contributed by atoms with Gasteiger partial charge in [-0.25, -0.2) is 4.57 Å². The van der Waals surface area contributed by atoms with Crippen LogP contribution >= 0.6 is 0 Å². The molecule has 1 aromatic heterocycles. The van der Waals surface area contributed by atoms with Gasteiger partial charge in [-0.05, 0) is 48.7 Å². The standard InChI is InChI=1S/C22H22NO2/c1-14(2)16-9-10-18(23(4)13-16)17-12-22-21(11-15(17)3)24-19-7-5-6-8-20(19)25-22/h5-14H,1-4H3/q+1. The highest BCUT2D eigenvalue weighted by Gasteiger charge is 2.23. The van der Waals surface area contributed by atoms with Crippen molar-refractivity contribution in [3.05, 3.63) is 65.9 Å². The van der Waals surface area contributed by atoms with E-state index in [-0.39, 0.29) is 0 Å². The van der Waals surface area contributed by atoms with Gasteiger partial charge in [0, 0.05) is 11.6 Å². The molecule has 0 bridgehead atoms. The van der Waals surface area contributed by atoms with Crippen LogP contribution in [0.5, 0.6) is 23.0 Å². The Morgan fingerprint density at radius 1 is 0.840 bits per heavy atom. The summed E-state index contributed by atoms with van der Waals surface area (Å²) in [6.07, 6.45) is 2.20. The van der Waals surface area contributed by atoms with Gasteiger partial charge in [0.15, 0.2) is 29.2 Å². The van der Waals surface area contributed by atoms with E-state index < -0.39 is 0 Å². The molecule has 0 saturated heterocycles. The van der Waals surface area contributed by atoms with Crippen LogP contribution in [0.25, 0.3) is 11.3 Å². The fraction of sp³-hybridized carbons (Fsp3) is 0.227. The van der Waals surface area contributed by atoms with E-state index >= 15 is 0 Å². The Labute approximate surface area is 148 Å². The Bertz CT molecular complexity index is 960. The van der Waals surface area contributed by atoms with E-state index in [0.717, 1.165) is 39.8 Å². The molecule has 0 N–H and O–H groups in total. The van der Waals surface area contributed by atoms with Crippen molar-refractivity contribution in [1.82, 2.24) is 0 Å². The van der Waals surface area contributed by atoms with E-state index in [1.807, 2.05) is 24.3 Å². The van der Waals surface area contributed by atoms with Gasteiger partial charge in [-0.1, -0.05) is 26.0 Å². The highest BCUT2D eigenvalue weighted by atomic mass is 16.6. The molecule has 3 heteroatoms. The lowest BCUT2D eigenvalue weighted by Gasteiger charge is -2.21. The summed E-state index contributed by atoms with van der Waals surface area (Å²) < 4.78 is 14.2. The average Bonchev–Trinajstić information content (AvgIpc) is 2.59. The number of aryl methyl sites for hydroxylation is 2. The van der Waals surface area contributed by atoms with Gasteiger partial charge >= 0.3 is 0 Å². The first-order chi connectivity index (χ1) is 12.0. The van der Waals surface area contributed by atoms with E-state index in [2.05, 4.69) is 62.8 Å². The number of ether oxygens (including phenoxy) is 2. The number of pyridine rings is 1. The topological polar surface area (TPSA) is 22.3 Å². The second-order valence-electron chi connectivity index (χ2n) is 6.88. The lowest BCUT2D eigenvalue weighted by atomic mass is 10.0. The fourth-order valence-electron chi connectivity index (χ4n) is 3.20. The molecule has 126 valence electrons. The number of benzene rings is 2. The third-order valence-corrected chi connectivity index (χ3v) is 4.68. The number of nitrogens with zero attached hydrogens (tertiary/aromatic N) is 1. The zero-order valence-corrected chi connectivity index (χ0v) is 15.0. The number of hydrogen-bond donors (Lipinski definition) is 0. The maximum absolute atomic E-state index is 6.06. The lowest BCUT2D eigenvalue weighted by Crippen LogP contribution is -2.31. The molecule has 1 aliphatic rings. The quantitative estimate of drug-likeness (QED) is 0.452. The molecule has 3 nitrogen and oxygen atoms in total. The number of rotatable bonds is 2. The highest BCUT2D eigenvalue weighted by molar-refractivity contribution is 5.68. The molecule has 0 fully saturated rings. The van der Waals surface area contributed by atoms with E-state index in [1.54, 1.807) is 0 Å². The van der Waals surface area contributed by atoms with Crippen molar-refractivity contribution in [2.75, 3.05) is 0 Å². The first-order valence-electron chi connectivity index (χ1n) is 8.62. The van der Waals surface area contributed by atoms with E-state index in [4.69, 9.17) is 9.47 Å². The maximum Gasteiger partial charge on any atom is 0.212 e. The van der Waals surface area contributed by atoms with Crippen LogP contribution in [0.2, 0.25) is 0 Å². The third kappa shape index (κ3) is 2.76. The molecule has 2 aromatic carbocycles. The average molecular weight is 332 g/mol. The zero-order valence-electron chi connectivity index (χ0n) is 15.0. The number of fused-ring (bicyclic) bond motifs is 2. The molecule has 0 unspecified atom stereocenters. The summed E-state index contributed by atoms with van der Waals surface area (Å²) in [6, 6.07) is 16.3. The van der Waals surface area contributed by atoms with Crippen LogP contribution in [0.15, 0.2) is 54.7 Å². The van der Waals surface area contributed by atoms with Crippen LogP contribution in [0.3, 0.4) is 0 Å². The van der Waals surface area contributed by atoms with Gasteiger partial charge in [-0.15, -0.1) is 0 Å². The van der Waals surface area contributed by atoms with E-state index in [9.17, 15) is 0 Å². The third-order valence-electron chi connectivity index (χ3n) is 4.68. The molecule has 0 spiro atoms. The molecule has 25 heavy (non-hydrogen) atoms. The SMILES string of the molecule is Cc1cc2c(cc1-c1ccc(C(C)C)c[n+]1C)Oc1ccccc1O2. The van der Waals surface area contributed by atoms with Crippen LogP contribution in [-0.2, 0) is 7.05 Å². The summed E-state index contributed by atoms with van der Waals surface area (Å²) >= 11 is 0. The van der Waals surface area contributed by atoms with E-state index in [1.165, 1.54) is 5.56 Å². The van der Waals surface area contributed by atoms with Crippen LogP contribution < -0.4 is 14.0 Å². The normalized spacial score (nSPS) is 12.2. The highest BCUT2D eigenvalue weighted by Crippen LogP contribution is 2.47. The second-order valence-corrected chi connectivity index (χ2v) is 6.88. The van der Waals surface area contributed by atoms with Crippen molar-refractivity contribution in [1.29, 1.82) is 0 Å². The van der Waals surface area contributed by atoms with Crippen molar-refractivity contribution >= 4 is 0 Å². The van der Waals surface area contributed by atoms with Crippen LogP contribution in [0.1, 0.15) is 30.9 Å². The number of hydrogen-bond acceptors (Lipinski definition) is 2. The first kappa shape index (κ1) is 15.7. The summed E-state index contributed by atoms with van der Waals surface area (Å²) in [7, 11) is 2.09. The summed E-state index contributed by atoms with van der Waals surface area (Å²) in [5, 5.41) is 0. The van der Waals surface area contributed by atoms with Gasteiger partial charge in [0.2, 0.25) is 5.69 Å². The summed E-state index contributed by atoms with van der Waals surface area (Å²) in [6.45, 7) is 6.53. The van der Waals surface area contributed by atoms with Gasteiger partial charge in [0.1, 0.15) is 7.05 Å². The van der Waals surface area contributed by atoms with Gasteiger partial charge in [0.25, 0.3) is 0 Å². The number of aromatic nitrogens is 1. The monoisotopic (exact) mass is 332 g/mol. The second kappa shape index (κ2) is 5.92. The molecule has 0 atom stereocenters. The van der Waals surface area contributed by atoms with Crippen molar-refractivity contribution in [2.45, 2.75) is 26.7 Å². The molecule has 4 rings (SSSR count). The van der Waals surface area contributed by atoms with Crippen LogP contribution in [0, 0.1) is 6.92 Å². The Hall–Kier alpha value is -2.81. The summed E-state index contributed by atoms with van der Waals surface area (Å²) in [4.78, 5) is 0. The summed E-state index contributed by atoms with van der Waals surface area (Å²) in [5.41, 5.74) is 4.80. The molecule has 3 aromatic rings. The fourth-order valence-corrected chi connectivity index (χ4v) is 3.20. The lowest BCUT2D eigenvalue weighted by molar-refractivity contribution is -0.660. The van der Waals surface area contributed by atoms with Crippen molar-refractivity contribution in [2.24, 2.45) is 7.05 Å². The smallest absolute Gasteiger partial charge is 0.212 e. The summed E-state index contributed by atoms with van der Waals surface area (Å²) in [5.74, 6) is 3.55. The molecule has 0 radical (unpaired) electrons. The molecule has 0 aliphatic carbocycles. The molecule has 0 saturated carbocycles.